The molecule has 5 saturated carbocycles. The SMILES string of the molecule is CCCCC(CC)COC1CCC2CC(C(C3=NC4CC(C)CCC4O3)(C3=NC4CC(OCC(CC)CCCC)CCC4O3)C3=NC4CC(C5CCCC(C)C5)CCC4O3)=CC2C1. The van der Waals surface area contributed by atoms with Crippen LogP contribution in [0.15, 0.2) is 26.6 Å². The van der Waals surface area contributed by atoms with Gasteiger partial charge in [0.2, 0.25) is 23.1 Å². The Balaban J connectivity index is 1.05. The fraction of sp³-hybridized carbons (Fsp3) is 0.909. The molecule has 8 heteroatoms. The minimum absolute atomic E-state index is 0.0359. The van der Waals surface area contributed by atoms with Crippen LogP contribution in [0.5, 0.6) is 0 Å². The highest BCUT2D eigenvalue weighted by atomic mass is 16.5. The van der Waals surface area contributed by atoms with Gasteiger partial charge in [-0.25, -0.2) is 15.0 Å². The van der Waals surface area contributed by atoms with Crippen LogP contribution in [0.2, 0.25) is 0 Å². The first-order valence-electron chi connectivity index (χ1n) is 27.5. The maximum absolute atomic E-state index is 7.41. The second-order valence-electron chi connectivity index (χ2n) is 22.9. The molecule has 9 rings (SSSR count). The van der Waals surface area contributed by atoms with E-state index in [1.807, 2.05) is 0 Å². The molecule has 3 aliphatic heterocycles. The molecule has 3 heterocycles. The van der Waals surface area contributed by atoms with E-state index < -0.39 is 5.41 Å². The number of nitrogens with zero attached hydrogens (tertiary/aromatic N) is 3. The Bertz CT molecular complexity index is 1580. The van der Waals surface area contributed by atoms with E-state index in [1.54, 1.807) is 0 Å². The van der Waals surface area contributed by atoms with Gasteiger partial charge in [-0.3, -0.25) is 0 Å². The molecule has 0 aromatic rings. The monoisotopic (exact) mass is 872 g/mol. The standard InChI is InChI=1S/C55H89N3O5/c1-7-11-15-37(9-3)33-59-44-21-19-40-28-43(29-42(40)30-44)55(52-56-46-27-36(6)18-23-49(46)61-52,53-57-47-31-41(20-24-50(47)62-53)39-17-13-14-35(5)26-39)54-58-48-32-45(22-25-51(48)63-54)60-34-38(10-4)16-12-8-2/h29,35-42,44-51H,7-28,30-34H2,1-6H3. The number of hydrogen-bond donors (Lipinski definition) is 0. The summed E-state index contributed by atoms with van der Waals surface area (Å²) in [7, 11) is 0. The Morgan fingerprint density at radius 2 is 1.10 bits per heavy atom. The first kappa shape index (κ1) is 46.2. The smallest absolute Gasteiger partial charge is 0.217 e. The molecule has 8 nitrogen and oxygen atoms in total. The summed E-state index contributed by atoms with van der Waals surface area (Å²) in [5.41, 5.74) is 0.384. The van der Waals surface area contributed by atoms with Crippen LogP contribution < -0.4 is 0 Å². The summed E-state index contributed by atoms with van der Waals surface area (Å²) in [4.78, 5) is 17.3. The van der Waals surface area contributed by atoms with Crippen LogP contribution in [0.4, 0.5) is 0 Å². The number of unbranched alkanes of at least 4 members (excludes halogenated alkanes) is 2. The van der Waals surface area contributed by atoms with Crippen LogP contribution in [0, 0.1) is 52.8 Å². The third-order valence-electron chi connectivity index (χ3n) is 18.4. The van der Waals surface area contributed by atoms with Gasteiger partial charge in [0, 0.05) is 13.2 Å². The van der Waals surface area contributed by atoms with E-state index in [1.165, 1.54) is 102 Å². The van der Waals surface area contributed by atoms with Gasteiger partial charge < -0.3 is 23.7 Å². The second kappa shape index (κ2) is 20.9. The molecule has 17 unspecified atom stereocenters. The number of ether oxygens (including phenoxy) is 5. The Morgan fingerprint density at radius 1 is 0.571 bits per heavy atom. The molecule has 5 fully saturated rings. The Morgan fingerprint density at radius 3 is 1.71 bits per heavy atom. The average Bonchev–Trinajstić information content (AvgIpc) is 4.11. The number of aliphatic imine (C=N–C) groups is 3. The minimum Gasteiger partial charge on any atom is -0.474 e. The molecule has 17 atom stereocenters. The van der Waals surface area contributed by atoms with Gasteiger partial charge in [0.15, 0.2) is 0 Å². The summed E-state index contributed by atoms with van der Waals surface area (Å²) in [6.07, 6.45) is 33.0. The van der Waals surface area contributed by atoms with Gasteiger partial charge in [0.25, 0.3) is 0 Å². The highest BCUT2D eigenvalue weighted by Gasteiger charge is 2.63. The predicted molar refractivity (Wildman–Crippen MR) is 256 cm³/mol. The summed E-state index contributed by atoms with van der Waals surface area (Å²) >= 11 is 0. The zero-order valence-corrected chi connectivity index (χ0v) is 40.8. The van der Waals surface area contributed by atoms with Crippen LogP contribution in [-0.2, 0) is 23.7 Å². The van der Waals surface area contributed by atoms with E-state index in [0.29, 0.717) is 35.7 Å². The van der Waals surface area contributed by atoms with Crippen molar-refractivity contribution in [3.05, 3.63) is 11.6 Å². The fourth-order valence-corrected chi connectivity index (χ4v) is 14.1. The first-order valence-corrected chi connectivity index (χ1v) is 27.5. The first-order chi connectivity index (χ1) is 30.8. The van der Waals surface area contributed by atoms with Gasteiger partial charge >= 0.3 is 0 Å². The molecule has 0 bridgehead atoms. The van der Waals surface area contributed by atoms with Crippen molar-refractivity contribution < 1.29 is 23.7 Å². The summed E-state index contributed by atoms with van der Waals surface area (Å²) < 4.78 is 35.6. The van der Waals surface area contributed by atoms with Crippen molar-refractivity contribution in [1.29, 1.82) is 0 Å². The van der Waals surface area contributed by atoms with Gasteiger partial charge in [-0.1, -0.05) is 105 Å². The summed E-state index contributed by atoms with van der Waals surface area (Å²) in [6, 6.07) is 0.385. The van der Waals surface area contributed by atoms with E-state index in [-0.39, 0.29) is 42.5 Å². The highest BCUT2D eigenvalue weighted by Crippen LogP contribution is 2.55. The minimum atomic E-state index is -0.949. The van der Waals surface area contributed by atoms with E-state index in [9.17, 15) is 0 Å². The molecular weight excluding hydrogens is 783 g/mol. The molecule has 9 aliphatic rings. The van der Waals surface area contributed by atoms with Gasteiger partial charge in [-0.05, 0) is 156 Å². The van der Waals surface area contributed by atoms with Crippen LogP contribution in [0.1, 0.15) is 202 Å². The van der Waals surface area contributed by atoms with Gasteiger partial charge in [-0.2, -0.15) is 0 Å². The molecule has 6 aliphatic carbocycles. The summed E-state index contributed by atoms with van der Waals surface area (Å²) in [5.74, 6) is 7.70. The summed E-state index contributed by atoms with van der Waals surface area (Å²) in [6.45, 7) is 15.9. The molecule has 0 N–H and O–H groups in total. The lowest BCUT2D eigenvalue weighted by Crippen LogP contribution is -2.50. The topological polar surface area (TPSA) is 83.2 Å². The lowest BCUT2D eigenvalue weighted by Gasteiger charge is -2.38. The largest absolute Gasteiger partial charge is 0.474 e. The molecule has 0 aromatic heterocycles. The predicted octanol–water partition coefficient (Wildman–Crippen LogP) is 13.1. The zero-order valence-electron chi connectivity index (χ0n) is 40.8. The summed E-state index contributed by atoms with van der Waals surface area (Å²) in [5, 5.41) is 0. The highest BCUT2D eigenvalue weighted by molar-refractivity contribution is 6.26. The van der Waals surface area contributed by atoms with Crippen molar-refractivity contribution in [3.63, 3.8) is 0 Å². The van der Waals surface area contributed by atoms with Crippen molar-refractivity contribution in [2.24, 2.45) is 67.7 Å². The van der Waals surface area contributed by atoms with Crippen LogP contribution >= 0.6 is 0 Å². The van der Waals surface area contributed by atoms with Crippen molar-refractivity contribution in [2.75, 3.05) is 13.2 Å². The molecule has 63 heavy (non-hydrogen) atoms. The number of hydrogen-bond acceptors (Lipinski definition) is 8. The van der Waals surface area contributed by atoms with Crippen molar-refractivity contribution in [3.8, 4) is 0 Å². The van der Waals surface area contributed by atoms with Crippen LogP contribution in [0.3, 0.4) is 0 Å². The molecule has 0 radical (unpaired) electrons. The van der Waals surface area contributed by atoms with Gasteiger partial charge in [0.05, 0.1) is 30.3 Å². The molecular formula is C55H89N3O5. The van der Waals surface area contributed by atoms with Crippen molar-refractivity contribution in [2.45, 2.75) is 251 Å². The van der Waals surface area contributed by atoms with Gasteiger partial charge in [-0.15, -0.1) is 0 Å². The zero-order chi connectivity index (χ0) is 43.5. The molecule has 0 aromatic carbocycles. The normalized spacial score (nSPS) is 40.3. The maximum Gasteiger partial charge on any atom is 0.217 e. The maximum atomic E-state index is 7.41. The molecule has 354 valence electrons. The fourth-order valence-electron chi connectivity index (χ4n) is 14.1. The molecule has 0 amide bonds. The average molecular weight is 872 g/mol. The lowest BCUT2D eigenvalue weighted by molar-refractivity contribution is -0.0180. The van der Waals surface area contributed by atoms with Crippen molar-refractivity contribution >= 4 is 17.7 Å². The van der Waals surface area contributed by atoms with Crippen LogP contribution in [-0.4, -0.2) is 79.6 Å². The number of rotatable bonds is 19. The third kappa shape index (κ3) is 10.0. The third-order valence-corrected chi connectivity index (χ3v) is 18.4. The number of allylic oxidation sites excluding steroid dienone is 1. The van der Waals surface area contributed by atoms with E-state index >= 15 is 0 Å². The quantitative estimate of drug-likeness (QED) is 0.121. The Kier molecular flexibility index (Phi) is 15.3. The lowest BCUT2D eigenvalue weighted by atomic mass is 9.69. The van der Waals surface area contributed by atoms with Gasteiger partial charge in [0.1, 0.15) is 18.3 Å². The number of fused-ring (bicyclic) bond motifs is 4. The second-order valence-corrected chi connectivity index (χ2v) is 22.9. The van der Waals surface area contributed by atoms with E-state index in [4.69, 9.17) is 38.7 Å². The Labute approximate surface area is 383 Å². The van der Waals surface area contributed by atoms with E-state index in [0.717, 1.165) is 113 Å². The van der Waals surface area contributed by atoms with E-state index in [2.05, 4.69) is 47.6 Å². The van der Waals surface area contributed by atoms with Crippen molar-refractivity contribution in [1.82, 2.24) is 0 Å². The molecule has 0 saturated heterocycles. The Hall–Kier alpha value is -1.93. The molecule has 0 spiro atoms. The van der Waals surface area contributed by atoms with Crippen LogP contribution in [0.25, 0.3) is 0 Å².